The molecule has 0 saturated carbocycles. The van der Waals surface area contributed by atoms with E-state index < -0.39 is 38.7 Å². The van der Waals surface area contributed by atoms with E-state index in [1.165, 1.54) is 19.1 Å². The first kappa shape index (κ1) is 22.0. The Hall–Kier alpha value is -2.26. The fraction of sp³-hybridized carbons (Fsp3) is 0.278. The van der Waals surface area contributed by atoms with Crippen LogP contribution in [0.2, 0.25) is 5.02 Å². The molecule has 1 amide bonds. The van der Waals surface area contributed by atoms with Gasteiger partial charge >= 0.3 is 6.18 Å². The average molecular weight is 435 g/mol. The van der Waals surface area contributed by atoms with E-state index in [0.29, 0.717) is 6.07 Å². The molecule has 0 aliphatic heterocycles. The summed E-state index contributed by atoms with van der Waals surface area (Å²) in [6, 6.07) is 8.24. The zero-order valence-electron chi connectivity index (χ0n) is 15.2. The topological polar surface area (TPSA) is 66.5 Å². The van der Waals surface area contributed by atoms with Crippen molar-refractivity contribution < 1.29 is 26.4 Å². The molecule has 0 saturated heterocycles. The molecule has 0 aliphatic carbocycles. The number of alkyl halides is 3. The molecule has 10 heteroatoms. The second-order valence-electron chi connectivity index (χ2n) is 6.26. The summed E-state index contributed by atoms with van der Waals surface area (Å²) >= 11 is 5.56. The monoisotopic (exact) mass is 434 g/mol. The number of halogens is 4. The molecule has 5 nitrogen and oxygen atoms in total. The Morgan fingerprint density at radius 3 is 2.36 bits per heavy atom. The van der Waals surface area contributed by atoms with Gasteiger partial charge in [0.1, 0.15) is 6.04 Å². The van der Waals surface area contributed by atoms with Crippen LogP contribution >= 0.6 is 11.6 Å². The molecule has 2 aromatic carbocycles. The molecule has 28 heavy (non-hydrogen) atoms. The number of nitrogens with zero attached hydrogens (tertiary/aromatic N) is 1. The molecule has 1 N–H and O–H groups in total. The quantitative estimate of drug-likeness (QED) is 0.755. The Morgan fingerprint density at radius 1 is 1.18 bits per heavy atom. The number of benzene rings is 2. The molecule has 0 heterocycles. The summed E-state index contributed by atoms with van der Waals surface area (Å²) in [6.45, 7) is 3.11. The molecule has 2 rings (SSSR count). The Bertz CT molecular complexity index is 994. The van der Waals surface area contributed by atoms with Gasteiger partial charge in [-0.15, -0.1) is 0 Å². The smallest absolute Gasteiger partial charge is 0.324 e. The van der Waals surface area contributed by atoms with Crippen LogP contribution in [-0.2, 0) is 21.0 Å². The third-order valence-electron chi connectivity index (χ3n) is 3.88. The first-order valence-electron chi connectivity index (χ1n) is 8.04. The lowest BCUT2D eigenvalue weighted by atomic mass is 10.1. The van der Waals surface area contributed by atoms with E-state index in [2.05, 4.69) is 5.32 Å². The molecule has 2 aromatic rings. The van der Waals surface area contributed by atoms with Gasteiger partial charge in [-0.05, 0) is 49.7 Å². The lowest BCUT2D eigenvalue weighted by molar-refractivity contribution is -0.137. The van der Waals surface area contributed by atoms with Gasteiger partial charge in [0.05, 0.1) is 22.5 Å². The molecule has 0 fully saturated rings. The first-order valence-corrected chi connectivity index (χ1v) is 10.3. The van der Waals surface area contributed by atoms with Crippen LogP contribution in [0.1, 0.15) is 18.1 Å². The number of nitrogens with one attached hydrogen (secondary N) is 1. The summed E-state index contributed by atoms with van der Waals surface area (Å²) in [7, 11) is -3.84. The third kappa shape index (κ3) is 5.17. The average Bonchev–Trinajstić information content (AvgIpc) is 2.54. The standard InChI is InChI=1S/C18H18ClF3N2O3S/c1-11-5-4-6-14(9-11)24(28(3,26)27)12(2)17(25)23-13-7-8-16(19)15(10-13)18(20,21)22/h4-10,12H,1-3H3,(H,23,25). The van der Waals surface area contributed by atoms with Gasteiger partial charge in [0.2, 0.25) is 15.9 Å². The van der Waals surface area contributed by atoms with Crippen LogP contribution in [0.4, 0.5) is 24.5 Å². The SMILES string of the molecule is Cc1cccc(N(C(C)C(=O)Nc2ccc(Cl)c(C(F)(F)F)c2)S(C)(=O)=O)c1. The lowest BCUT2D eigenvalue weighted by Gasteiger charge is -2.28. The lowest BCUT2D eigenvalue weighted by Crippen LogP contribution is -2.45. The van der Waals surface area contributed by atoms with Gasteiger partial charge in [0.25, 0.3) is 0 Å². The summed E-state index contributed by atoms with van der Waals surface area (Å²) in [4.78, 5) is 12.6. The van der Waals surface area contributed by atoms with Crippen molar-refractivity contribution in [3.63, 3.8) is 0 Å². The fourth-order valence-electron chi connectivity index (χ4n) is 2.64. The number of anilines is 2. The number of hydrogen-bond donors (Lipinski definition) is 1. The first-order chi connectivity index (χ1) is 12.8. The predicted molar refractivity (Wildman–Crippen MR) is 103 cm³/mol. The van der Waals surface area contributed by atoms with Gasteiger partial charge < -0.3 is 5.32 Å². The minimum atomic E-state index is -4.69. The molecular formula is C18H18ClF3N2O3S. The molecule has 0 spiro atoms. The van der Waals surface area contributed by atoms with Crippen molar-refractivity contribution in [2.75, 3.05) is 15.9 Å². The molecule has 0 radical (unpaired) electrons. The van der Waals surface area contributed by atoms with E-state index in [1.807, 2.05) is 0 Å². The number of amides is 1. The normalized spacial score (nSPS) is 13.1. The van der Waals surface area contributed by atoms with Crippen molar-refractivity contribution in [1.82, 2.24) is 0 Å². The number of hydrogen-bond acceptors (Lipinski definition) is 3. The van der Waals surface area contributed by atoms with E-state index in [4.69, 9.17) is 11.6 Å². The number of aryl methyl sites for hydroxylation is 1. The number of sulfonamides is 1. The predicted octanol–water partition coefficient (Wildman–Crippen LogP) is 4.46. The minimum Gasteiger partial charge on any atom is -0.324 e. The highest BCUT2D eigenvalue weighted by atomic mass is 35.5. The van der Waals surface area contributed by atoms with Gasteiger partial charge in [-0.3, -0.25) is 9.10 Å². The third-order valence-corrected chi connectivity index (χ3v) is 5.46. The van der Waals surface area contributed by atoms with Crippen LogP contribution in [-0.4, -0.2) is 26.6 Å². The maximum absolute atomic E-state index is 13.0. The van der Waals surface area contributed by atoms with Crippen LogP contribution in [0.25, 0.3) is 0 Å². The molecule has 1 atom stereocenters. The highest BCUT2D eigenvalue weighted by Gasteiger charge is 2.34. The summed E-state index contributed by atoms with van der Waals surface area (Å²) in [5, 5.41) is 1.81. The number of carbonyl (C=O) groups excluding carboxylic acids is 1. The van der Waals surface area contributed by atoms with Crippen molar-refractivity contribution >= 4 is 38.9 Å². The van der Waals surface area contributed by atoms with Crippen LogP contribution in [0.5, 0.6) is 0 Å². The van der Waals surface area contributed by atoms with E-state index in [-0.39, 0.29) is 11.4 Å². The zero-order valence-corrected chi connectivity index (χ0v) is 16.8. The minimum absolute atomic E-state index is 0.147. The fourth-order valence-corrected chi connectivity index (χ4v) is 4.03. The molecule has 0 bridgehead atoms. The van der Waals surface area contributed by atoms with Crippen LogP contribution in [0.15, 0.2) is 42.5 Å². The van der Waals surface area contributed by atoms with Crippen molar-refractivity contribution in [3.05, 3.63) is 58.6 Å². The largest absolute Gasteiger partial charge is 0.417 e. The highest BCUT2D eigenvalue weighted by molar-refractivity contribution is 7.92. The molecule has 1 unspecified atom stereocenters. The van der Waals surface area contributed by atoms with E-state index in [9.17, 15) is 26.4 Å². The number of carbonyl (C=O) groups is 1. The Labute approximate surface area is 166 Å². The van der Waals surface area contributed by atoms with Crippen LogP contribution < -0.4 is 9.62 Å². The second-order valence-corrected chi connectivity index (χ2v) is 8.52. The molecule has 0 aromatic heterocycles. The van der Waals surface area contributed by atoms with Gasteiger partial charge in [0, 0.05) is 5.69 Å². The summed E-state index contributed by atoms with van der Waals surface area (Å²) in [5.74, 6) is -0.789. The Balaban J connectivity index is 2.34. The summed E-state index contributed by atoms with van der Waals surface area (Å²) in [5.41, 5.74) is -0.187. The van der Waals surface area contributed by atoms with E-state index >= 15 is 0 Å². The Kier molecular flexibility index (Phi) is 6.30. The molecular weight excluding hydrogens is 417 g/mol. The Morgan fingerprint density at radius 2 is 1.82 bits per heavy atom. The van der Waals surface area contributed by atoms with Gasteiger partial charge in [-0.25, -0.2) is 8.42 Å². The van der Waals surface area contributed by atoms with Crippen LogP contribution in [0, 0.1) is 6.92 Å². The van der Waals surface area contributed by atoms with Crippen molar-refractivity contribution in [2.45, 2.75) is 26.1 Å². The molecule has 0 aliphatic rings. The van der Waals surface area contributed by atoms with Gasteiger partial charge in [0.15, 0.2) is 0 Å². The van der Waals surface area contributed by atoms with Crippen molar-refractivity contribution in [2.24, 2.45) is 0 Å². The maximum atomic E-state index is 13.0. The summed E-state index contributed by atoms with van der Waals surface area (Å²) in [6.07, 6.45) is -3.74. The van der Waals surface area contributed by atoms with Crippen molar-refractivity contribution in [3.8, 4) is 0 Å². The highest BCUT2D eigenvalue weighted by Crippen LogP contribution is 2.36. The zero-order chi connectivity index (χ0) is 21.3. The number of rotatable bonds is 5. The van der Waals surface area contributed by atoms with Gasteiger partial charge in [-0.2, -0.15) is 13.2 Å². The molecule has 152 valence electrons. The van der Waals surface area contributed by atoms with Crippen LogP contribution in [0.3, 0.4) is 0 Å². The van der Waals surface area contributed by atoms with E-state index in [0.717, 1.165) is 22.2 Å². The summed E-state index contributed by atoms with van der Waals surface area (Å²) < 4.78 is 64.4. The van der Waals surface area contributed by atoms with Crippen molar-refractivity contribution in [1.29, 1.82) is 0 Å². The maximum Gasteiger partial charge on any atom is 0.417 e. The van der Waals surface area contributed by atoms with Gasteiger partial charge in [-0.1, -0.05) is 23.7 Å². The second kappa shape index (κ2) is 8.00. The van der Waals surface area contributed by atoms with E-state index in [1.54, 1.807) is 25.1 Å².